The molecule has 1 aromatic rings. The Morgan fingerprint density at radius 1 is 1.73 bits per heavy atom. The summed E-state index contributed by atoms with van der Waals surface area (Å²) in [7, 11) is 3.63. The zero-order valence-electron chi connectivity index (χ0n) is 8.46. The van der Waals surface area contributed by atoms with Gasteiger partial charge in [0.2, 0.25) is 0 Å². The lowest BCUT2D eigenvalue weighted by Gasteiger charge is -2.16. The molecule has 0 radical (unpaired) electrons. The van der Waals surface area contributed by atoms with E-state index < -0.39 is 0 Å². The molecule has 80 valence electrons. The molecule has 1 aliphatic heterocycles. The van der Waals surface area contributed by atoms with Gasteiger partial charge >= 0.3 is 0 Å². The van der Waals surface area contributed by atoms with E-state index in [0.29, 0.717) is 6.04 Å². The van der Waals surface area contributed by atoms with Gasteiger partial charge < -0.3 is 4.98 Å². The number of imidazole rings is 1. The van der Waals surface area contributed by atoms with E-state index in [-0.39, 0.29) is 0 Å². The van der Waals surface area contributed by atoms with Crippen LogP contribution in [0.15, 0.2) is 6.20 Å². The molecule has 5 heteroatoms. The molecular formula is C10H12IN3S. The predicted molar refractivity (Wildman–Crippen MR) is 71.7 cm³/mol. The molecule has 3 nitrogen and oxygen atoms in total. The van der Waals surface area contributed by atoms with E-state index in [9.17, 15) is 0 Å². The zero-order chi connectivity index (χ0) is 10.7. The Bertz CT molecular complexity index is 393. The van der Waals surface area contributed by atoms with E-state index in [1.807, 2.05) is 6.20 Å². The van der Waals surface area contributed by atoms with Crippen molar-refractivity contribution < 1.29 is 0 Å². The van der Waals surface area contributed by atoms with Crippen molar-refractivity contribution in [3.63, 3.8) is 0 Å². The first kappa shape index (κ1) is 11.3. The van der Waals surface area contributed by atoms with Crippen LogP contribution in [0, 0.1) is 11.2 Å². The number of likely N-dealkylation sites (tertiary alicyclic amines) is 1. The molecule has 0 aliphatic carbocycles. The Balaban J connectivity index is 2.12. The van der Waals surface area contributed by atoms with Crippen LogP contribution in [-0.4, -0.2) is 28.5 Å². The highest BCUT2D eigenvalue weighted by Gasteiger charge is 2.24. The van der Waals surface area contributed by atoms with Gasteiger partial charge in [0.1, 0.15) is 11.5 Å². The summed E-state index contributed by atoms with van der Waals surface area (Å²) in [5.74, 6) is 4.08. The highest BCUT2D eigenvalue weighted by molar-refractivity contribution is 14.2. The molecule has 1 aromatic heterocycles. The van der Waals surface area contributed by atoms with Crippen molar-refractivity contribution in [2.75, 3.05) is 13.6 Å². The van der Waals surface area contributed by atoms with Gasteiger partial charge in [-0.1, -0.05) is 0 Å². The third kappa shape index (κ3) is 2.68. The number of rotatable bonds is 1. The molecule has 2 rings (SSSR count). The van der Waals surface area contributed by atoms with Crippen molar-refractivity contribution in [3.8, 4) is 11.2 Å². The molecule has 1 fully saturated rings. The van der Waals surface area contributed by atoms with Crippen LogP contribution in [0.4, 0.5) is 0 Å². The second-order valence-electron chi connectivity index (χ2n) is 3.62. The number of nitrogens with zero attached hydrogens (tertiary/aromatic N) is 2. The molecule has 1 atom stereocenters. The van der Waals surface area contributed by atoms with Crippen molar-refractivity contribution in [1.82, 2.24) is 14.9 Å². The van der Waals surface area contributed by atoms with Gasteiger partial charge in [-0.2, -0.15) is 0 Å². The number of halogens is 1. The van der Waals surface area contributed by atoms with Crippen molar-refractivity contribution in [2.45, 2.75) is 18.9 Å². The van der Waals surface area contributed by atoms with Crippen LogP contribution >= 0.6 is 30.1 Å². The van der Waals surface area contributed by atoms with Gasteiger partial charge in [-0.05, 0) is 46.5 Å². The maximum atomic E-state index is 4.39. The maximum Gasteiger partial charge on any atom is 0.124 e. The summed E-state index contributed by atoms with van der Waals surface area (Å²) in [6, 6.07) is 0.452. The smallest absolute Gasteiger partial charge is 0.124 e. The zero-order valence-corrected chi connectivity index (χ0v) is 11.4. The molecule has 15 heavy (non-hydrogen) atoms. The minimum atomic E-state index is 0.452. The summed E-state index contributed by atoms with van der Waals surface area (Å²) >= 11 is 2.16. The van der Waals surface area contributed by atoms with Crippen LogP contribution in [0.2, 0.25) is 0 Å². The SMILES string of the molecule is CN1CCCC1c1ncc(C#CSI)[nH]1. The molecule has 1 N–H and O–H groups in total. The average Bonchev–Trinajstić information content (AvgIpc) is 2.83. The number of hydrogen-bond acceptors (Lipinski definition) is 3. The molecule has 0 spiro atoms. The standard InChI is InChI=1S/C10H12IN3S/c1-14-5-2-3-9(14)10-12-7-8(13-10)4-6-15-11/h7,9H,2-3,5H2,1H3,(H,12,13). The average molecular weight is 333 g/mol. The van der Waals surface area contributed by atoms with Crippen molar-refractivity contribution in [3.05, 3.63) is 17.7 Å². The highest BCUT2D eigenvalue weighted by atomic mass is 127. The fourth-order valence-corrected chi connectivity index (χ4v) is 2.38. The van der Waals surface area contributed by atoms with Crippen molar-refractivity contribution >= 4 is 30.1 Å². The van der Waals surface area contributed by atoms with Crippen molar-refractivity contribution in [2.24, 2.45) is 0 Å². The summed E-state index contributed by atoms with van der Waals surface area (Å²) in [5.41, 5.74) is 0.912. The molecule has 0 saturated carbocycles. The quantitative estimate of drug-likeness (QED) is 0.633. The number of aromatic amines is 1. The van der Waals surface area contributed by atoms with Gasteiger partial charge in [0.05, 0.1) is 12.2 Å². The Hall–Kier alpha value is -0.190. The van der Waals surface area contributed by atoms with Gasteiger partial charge in [0.25, 0.3) is 0 Å². The van der Waals surface area contributed by atoms with Crippen LogP contribution in [0.5, 0.6) is 0 Å². The summed E-state index contributed by atoms with van der Waals surface area (Å²) in [6.45, 7) is 1.16. The predicted octanol–water partition coefficient (Wildman–Crippen LogP) is 2.57. The van der Waals surface area contributed by atoms with Crippen LogP contribution in [-0.2, 0) is 0 Å². The monoisotopic (exact) mass is 333 g/mol. The molecule has 0 bridgehead atoms. The summed E-state index contributed by atoms with van der Waals surface area (Å²) in [6.07, 6.45) is 4.27. The first-order valence-electron chi connectivity index (χ1n) is 4.85. The number of nitrogens with one attached hydrogen (secondary N) is 1. The fraction of sp³-hybridized carbons (Fsp3) is 0.500. The van der Waals surface area contributed by atoms with Crippen LogP contribution in [0.3, 0.4) is 0 Å². The molecular weight excluding hydrogens is 321 g/mol. The lowest BCUT2D eigenvalue weighted by atomic mass is 10.2. The van der Waals surface area contributed by atoms with E-state index in [1.54, 1.807) is 0 Å². The van der Waals surface area contributed by atoms with E-state index in [0.717, 1.165) is 18.1 Å². The summed E-state index contributed by atoms with van der Waals surface area (Å²) in [5, 5.41) is 2.95. The Labute approximate surface area is 106 Å². The Morgan fingerprint density at radius 2 is 2.60 bits per heavy atom. The highest BCUT2D eigenvalue weighted by Crippen LogP contribution is 2.27. The third-order valence-electron chi connectivity index (χ3n) is 2.66. The van der Waals surface area contributed by atoms with Crippen molar-refractivity contribution in [1.29, 1.82) is 0 Å². The van der Waals surface area contributed by atoms with Gasteiger partial charge in [-0.3, -0.25) is 4.90 Å². The number of H-pyrrole nitrogens is 1. The lowest BCUT2D eigenvalue weighted by molar-refractivity contribution is 0.307. The van der Waals surface area contributed by atoms with Gasteiger partial charge in [0.15, 0.2) is 0 Å². The largest absolute Gasteiger partial charge is 0.334 e. The minimum Gasteiger partial charge on any atom is -0.334 e. The Kier molecular flexibility index (Phi) is 3.94. The normalized spacial score (nSPS) is 21.3. The van der Waals surface area contributed by atoms with Crippen LogP contribution in [0.1, 0.15) is 30.4 Å². The lowest BCUT2D eigenvalue weighted by Crippen LogP contribution is -2.18. The van der Waals surface area contributed by atoms with E-state index >= 15 is 0 Å². The van der Waals surface area contributed by atoms with E-state index in [1.165, 1.54) is 21.8 Å². The first-order valence-corrected chi connectivity index (χ1v) is 8.21. The van der Waals surface area contributed by atoms with Gasteiger partial charge in [-0.25, -0.2) is 4.98 Å². The molecule has 1 saturated heterocycles. The Morgan fingerprint density at radius 3 is 3.27 bits per heavy atom. The number of hydrogen-bond donors (Lipinski definition) is 1. The van der Waals surface area contributed by atoms with Gasteiger partial charge in [-0.15, -0.1) is 0 Å². The first-order chi connectivity index (χ1) is 7.31. The molecule has 1 aliphatic rings. The maximum absolute atomic E-state index is 4.39. The minimum absolute atomic E-state index is 0.452. The van der Waals surface area contributed by atoms with E-state index in [2.05, 4.69) is 54.3 Å². The molecule has 0 amide bonds. The third-order valence-corrected chi connectivity index (χ3v) is 3.50. The van der Waals surface area contributed by atoms with E-state index in [4.69, 9.17) is 0 Å². The molecule has 2 heterocycles. The van der Waals surface area contributed by atoms with Gasteiger partial charge in [0, 0.05) is 21.2 Å². The second-order valence-corrected chi connectivity index (χ2v) is 5.30. The number of aromatic nitrogens is 2. The van der Waals surface area contributed by atoms with Crippen LogP contribution in [0.25, 0.3) is 0 Å². The topological polar surface area (TPSA) is 31.9 Å². The fourth-order valence-electron chi connectivity index (χ4n) is 1.90. The second kappa shape index (κ2) is 5.23. The molecule has 0 aromatic carbocycles. The summed E-state index contributed by atoms with van der Waals surface area (Å²) < 4.78 is 0. The summed E-state index contributed by atoms with van der Waals surface area (Å²) in [4.78, 5) is 10.0. The van der Waals surface area contributed by atoms with Crippen LogP contribution < -0.4 is 0 Å². The molecule has 1 unspecified atom stereocenters.